The van der Waals surface area contributed by atoms with Gasteiger partial charge in [0.2, 0.25) is 0 Å². The van der Waals surface area contributed by atoms with E-state index in [1.165, 1.54) is 0 Å². The predicted molar refractivity (Wildman–Crippen MR) is 102 cm³/mol. The van der Waals surface area contributed by atoms with E-state index in [1.807, 2.05) is 68.6 Å². The molecule has 5 nitrogen and oxygen atoms in total. The molecule has 0 saturated heterocycles. The number of aromatic nitrogens is 2. The third kappa shape index (κ3) is 4.45. The summed E-state index contributed by atoms with van der Waals surface area (Å²) < 4.78 is 0. The van der Waals surface area contributed by atoms with Crippen molar-refractivity contribution in [3.8, 4) is 11.1 Å². The highest BCUT2D eigenvalue weighted by atomic mass is 16.2. The van der Waals surface area contributed by atoms with Crippen molar-refractivity contribution in [1.29, 1.82) is 0 Å². The highest BCUT2D eigenvalue weighted by Gasteiger charge is 2.13. The van der Waals surface area contributed by atoms with E-state index >= 15 is 0 Å². The van der Waals surface area contributed by atoms with Gasteiger partial charge < -0.3 is 10.6 Å². The first-order valence-corrected chi connectivity index (χ1v) is 8.61. The number of benzene rings is 1. The molecule has 0 spiro atoms. The minimum atomic E-state index is -0.196. The first kappa shape index (κ1) is 17.6. The second kappa shape index (κ2) is 8.25. The lowest BCUT2D eigenvalue weighted by Crippen LogP contribution is -2.38. The molecule has 2 unspecified atom stereocenters. The molecule has 2 aromatic heterocycles. The fraction of sp³-hybridized carbons (Fsp3) is 0.190. The van der Waals surface area contributed by atoms with Crippen LogP contribution in [-0.4, -0.2) is 16.0 Å². The first-order valence-electron chi connectivity index (χ1n) is 8.61. The largest absolute Gasteiger partial charge is 0.332 e. The topological polar surface area (TPSA) is 66.9 Å². The van der Waals surface area contributed by atoms with Crippen molar-refractivity contribution in [2.24, 2.45) is 0 Å². The van der Waals surface area contributed by atoms with Crippen LogP contribution in [0, 0.1) is 0 Å². The van der Waals surface area contributed by atoms with Gasteiger partial charge in [0, 0.05) is 24.8 Å². The lowest BCUT2D eigenvalue weighted by Gasteiger charge is -2.19. The third-order valence-electron chi connectivity index (χ3n) is 4.31. The standard InChI is InChI=1S/C21H22N4O/c1-15(24-21(26)25-16(2)18-9-12-22-13-10-18)17-5-7-19(8-6-17)20-4-3-11-23-14-20/h3-16H,1-2H3,(H2,24,25,26). The second-order valence-electron chi connectivity index (χ2n) is 6.21. The number of hydrogen-bond acceptors (Lipinski definition) is 3. The predicted octanol–water partition coefficient (Wildman–Crippen LogP) is 4.27. The molecule has 0 radical (unpaired) electrons. The summed E-state index contributed by atoms with van der Waals surface area (Å²) in [5.74, 6) is 0. The quantitative estimate of drug-likeness (QED) is 0.725. The molecule has 0 fully saturated rings. The normalized spacial score (nSPS) is 12.8. The summed E-state index contributed by atoms with van der Waals surface area (Å²) in [6.45, 7) is 3.91. The lowest BCUT2D eigenvalue weighted by molar-refractivity contribution is 0.235. The number of hydrogen-bond donors (Lipinski definition) is 2. The zero-order valence-corrected chi connectivity index (χ0v) is 14.9. The van der Waals surface area contributed by atoms with Crippen molar-refractivity contribution in [2.75, 3.05) is 0 Å². The SMILES string of the molecule is CC(NC(=O)NC(C)c1ccc(-c2cccnc2)cc1)c1ccncc1. The van der Waals surface area contributed by atoms with Crippen LogP contribution in [0.25, 0.3) is 11.1 Å². The number of nitrogens with zero attached hydrogens (tertiary/aromatic N) is 2. The second-order valence-corrected chi connectivity index (χ2v) is 6.21. The summed E-state index contributed by atoms with van der Waals surface area (Å²) in [6.07, 6.45) is 7.04. The molecular formula is C21H22N4O. The van der Waals surface area contributed by atoms with Gasteiger partial charge in [-0.2, -0.15) is 0 Å². The molecule has 3 rings (SSSR count). The zero-order chi connectivity index (χ0) is 18.4. The summed E-state index contributed by atoms with van der Waals surface area (Å²) >= 11 is 0. The van der Waals surface area contributed by atoms with Gasteiger partial charge in [0.15, 0.2) is 0 Å². The van der Waals surface area contributed by atoms with E-state index in [0.717, 1.165) is 22.3 Å². The molecule has 1 aromatic carbocycles. The number of nitrogens with one attached hydrogen (secondary N) is 2. The number of urea groups is 1. The van der Waals surface area contributed by atoms with E-state index in [4.69, 9.17) is 0 Å². The Morgan fingerprint density at radius 3 is 1.96 bits per heavy atom. The van der Waals surface area contributed by atoms with Gasteiger partial charge >= 0.3 is 6.03 Å². The number of carbonyl (C=O) groups excluding carboxylic acids is 1. The molecule has 0 aliphatic carbocycles. The summed E-state index contributed by atoms with van der Waals surface area (Å²) in [6, 6.07) is 15.5. The van der Waals surface area contributed by atoms with Crippen molar-refractivity contribution in [1.82, 2.24) is 20.6 Å². The summed E-state index contributed by atoms with van der Waals surface area (Å²) in [7, 11) is 0. The Hall–Kier alpha value is -3.21. The minimum absolute atomic E-state index is 0.0850. The van der Waals surface area contributed by atoms with Crippen LogP contribution in [0.5, 0.6) is 0 Å². The Balaban J connectivity index is 1.59. The fourth-order valence-electron chi connectivity index (χ4n) is 2.75. The molecule has 2 atom stereocenters. The highest BCUT2D eigenvalue weighted by molar-refractivity contribution is 5.75. The number of rotatable bonds is 5. The van der Waals surface area contributed by atoms with Crippen LogP contribution in [0.15, 0.2) is 73.3 Å². The van der Waals surface area contributed by atoms with E-state index in [1.54, 1.807) is 18.6 Å². The Morgan fingerprint density at radius 2 is 1.38 bits per heavy atom. The van der Waals surface area contributed by atoms with Gasteiger partial charge in [0.25, 0.3) is 0 Å². The average molecular weight is 346 g/mol. The molecule has 0 aliphatic rings. The Morgan fingerprint density at radius 1 is 0.769 bits per heavy atom. The summed E-state index contributed by atoms with van der Waals surface area (Å²) in [5.41, 5.74) is 4.24. The third-order valence-corrected chi connectivity index (χ3v) is 4.31. The Labute approximate surface area is 153 Å². The van der Waals surface area contributed by atoms with Crippen LogP contribution in [-0.2, 0) is 0 Å². The fourth-order valence-corrected chi connectivity index (χ4v) is 2.75. The van der Waals surface area contributed by atoms with E-state index in [-0.39, 0.29) is 18.1 Å². The molecule has 26 heavy (non-hydrogen) atoms. The molecule has 3 aromatic rings. The highest BCUT2D eigenvalue weighted by Crippen LogP contribution is 2.21. The summed E-state index contributed by atoms with van der Waals surface area (Å²) in [5, 5.41) is 5.93. The average Bonchev–Trinajstić information content (AvgIpc) is 2.69. The van der Waals surface area contributed by atoms with E-state index in [0.29, 0.717) is 0 Å². The number of carbonyl (C=O) groups is 1. The van der Waals surface area contributed by atoms with Crippen LogP contribution < -0.4 is 10.6 Å². The van der Waals surface area contributed by atoms with Crippen LogP contribution in [0.2, 0.25) is 0 Å². The van der Waals surface area contributed by atoms with Crippen LogP contribution in [0.4, 0.5) is 4.79 Å². The first-order chi connectivity index (χ1) is 12.6. The van der Waals surface area contributed by atoms with Crippen LogP contribution in [0.3, 0.4) is 0 Å². The van der Waals surface area contributed by atoms with Gasteiger partial charge in [-0.15, -0.1) is 0 Å². The smallest absolute Gasteiger partial charge is 0.315 e. The van der Waals surface area contributed by atoms with Crippen molar-refractivity contribution < 1.29 is 4.79 Å². The van der Waals surface area contributed by atoms with Crippen molar-refractivity contribution in [3.05, 3.63) is 84.4 Å². The molecular weight excluding hydrogens is 324 g/mol. The molecule has 2 amide bonds. The van der Waals surface area contributed by atoms with Crippen molar-refractivity contribution >= 4 is 6.03 Å². The zero-order valence-electron chi connectivity index (χ0n) is 14.9. The Bertz CT molecular complexity index is 835. The number of pyridine rings is 2. The van der Waals surface area contributed by atoms with E-state index in [2.05, 4.69) is 20.6 Å². The molecule has 0 aliphatic heterocycles. The Kier molecular flexibility index (Phi) is 5.59. The molecule has 0 saturated carbocycles. The molecule has 2 heterocycles. The van der Waals surface area contributed by atoms with E-state index in [9.17, 15) is 4.79 Å². The van der Waals surface area contributed by atoms with Crippen molar-refractivity contribution in [2.45, 2.75) is 25.9 Å². The maximum absolute atomic E-state index is 12.3. The van der Waals surface area contributed by atoms with Gasteiger partial charge in [0.1, 0.15) is 0 Å². The monoisotopic (exact) mass is 346 g/mol. The van der Waals surface area contributed by atoms with Gasteiger partial charge in [0.05, 0.1) is 12.1 Å². The van der Waals surface area contributed by atoms with Crippen molar-refractivity contribution in [3.63, 3.8) is 0 Å². The molecule has 5 heteroatoms. The van der Waals surface area contributed by atoms with Gasteiger partial charge in [-0.3, -0.25) is 9.97 Å². The van der Waals surface area contributed by atoms with E-state index < -0.39 is 0 Å². The minimum Gasteiger partial charge on any atom is -0.332 e. The molecule has 2 N–H and O–H groups in total. The van der Waals surface area contributed by atoms with Gasteiger partial charge in [-0.25, -0.2) is 4.79 Å². The molecule has 0 bridgehead atoms. The van der Waals surface area contributed by atoms with Crippen LogP contribution in [0.1, 0.15) is 37.1 Å². The molecule has 132 valence electrons. The van der Waals surface area contributed by atoms with Gasteiger partial charge in [-0.1, -0.05) is 30.3 Å². The summed E-state index contributed by atoms with van der Waals surface area (Å²) in [4.78, 5) is 20.4. The maximum Gasteiger partial charge on any atom is 0.315 e. The maximum atomic E-state index is 12.3. The lowest BCUT2D eigenvalue weighted by atomic mass is 10.0. The van der Waals surface area contributed by atoms with Gasteiger partial charge in [-0.05, 0) is 54.3 Å². The number of amides is 2. The van der Waals surface area contributed by atoms with Crippen LogP contribution >= 0.6 is 0 Å².